The van der Waals surface area contributed by atoms with Gasteiger partial charge in [0.25, 0.3) is 0 Å². The highest BCUT2D eigenvalue weighted by atomic mass is 35.5. The second-order valence-corrected chi connectivity index (χ2v) is 3.54. The largest absolute Gasteiger partial charge is 0.573 e. The standard InChI is InChI=1S/C9H6ClF3O2S/c10-4-6(14)5-1-2-7(8(16)3-5)15-9(11,12)13/h1-3,16H,4H2. The van der Waals surface area contributed by atoms with E-state index in [0.717, 1.165) is 6.07 Å². The lowest BCUT2D eigenvalue weighted by Gasteiger charge is -2.11. The van der Waals surface area contributed by atoms with Crippen LogP contribution in [0.15, 0.2) is 23.1 Å². The maximum absolute atomic E-state index is 11.9. The quantitative estimate of drug-likeness (QED) is 0.518. The minimum absolute atomic E-state index is 0.0757. The van der Waals surface area contributed by atoms with E-state index in [9.17, 15) is 18.0 Å². The van der Waals surface area contributed by atoms with Crippen LogP contribution in [-0.2, 0) is 0 Å². The first-order valence-corrected chi connectivity index (χ1v) is 4.99. The molecule has 0 radical (unpaired) electrons. The molecular formula is C9H6ClF3O2S. The van der Waals surface area contributed by atoms with Gasteiger partial charge in [-0.1, -0.05) is 0 Å². The Morgan fingerprint density at radius 2 is 2.06 bits per heavy atom. The monoisotopic (exact) mass is 270 g/mol. The number of halogens is 4. The third kappa shape index (κ3) is 3.61. The lowest BCUT2D eigenvalue weighted by molar-refractivity contribution is -0.275. The van der Waals surface area contributed by atoms with Gasteiger partial charge in [-0.05, 0) is 18.2 Å². The van der Waals surface area contributed by atoms with Crippen LogP contribution in [0.1, 0.15) is 10.4 Å². The first-order valence-electron chi connectivity index (χ1n) is 4.01. The molecule has 0 aliphatic heterocycles. The van der Waals surface area contributed by atoms with Crippen LogP contribution >= 0.6 is 24.2 Å². The Kier molecular flexibility index (Phi) is 4.09. The van der Waals surface area contributed by atoms with E-state index in [4.69, 9.17) is 11.6 Å². The van der Waals surface area contributed by atoms with E-state index >= 15 is 0 Å². The van der Waals surface area contributed by atoms with Gasteiger partial charge in [0.15, 0.2) is 5.78 Å². The second kappa shape index (κ2) is 4.97. The normalized spacial score (nSPS) is 11.3. The van der Waals surface area contributed by atoms with E-state index in [0.29, 0.717) is 0 Å². The Morgan fingerprint density at radius 1 is 1.44 bits per heavy atom. The number of carbonyl (C=O) groups is 1. The summed E-state index contributed by atoms with van der Waals surface area (Å²) in [4.78, 5) is 11.1. The SMILES string of the molecule is O=C(CCl)c1ccc(OC(F)(F)F)c(S)c1. The van der Waals surface area contributed by atoms with Crippen LogP contribution < -0.4 is 4.74 Å². The molecule has 0 N–H and O–H groups in total. The molecule has 1 aromatic carbocycles. The van der Waals surface area contributed by atoms with Crippen LogP contribution in [0.2, 0.25) is 0 Å². The number of thiol groups is 1. The van der Waals surface area contributed by atoms with Crippen molar-refractivity contribution in [3.05, 3.63) is 23.8 Å². The molecule has 88 valence electrons. The molecule has 0 aliphatic rings. The third-order valence-electron chi connectivity index (χ3n) is 1.63. The molecule has 0 unspecified atom stereocenters. The summed E-state index contributed by atoms with van der Waals surface area (Å²) in [5, 5.41) is 0. The molecule has 0 amide bonds. The summed E-state index contributed by atoms with van der Waals surface area (Å²) in [5.41, 5.74) is 0.189. The van der Waals surface area contributed by atoms with E-state index in [1.54, 1.807) is 0 Å². The van der Waals surface area contributed by atoms with Crippen molar-refractivity contribution in [3.63, 3.8) is 0 Å². The number of alkyl halides is 4. The van der Waals surface area contributed by atoms with Crippen LogP contribution in [0.25, 0.3) is 0 Å². The fourth-order valence-corrected chi connectivity index (χ4v) is 1.39. The summed E-state index contributed by atoms with van der Waals surface area (Å²) in [5.74, 6) is -1.09. The average molecular weight is 271 g/mol. The zero-order valence-electron chi connectivity index (χ0n) is 7.71. The number of ether oxygens (including phenoxy) is 1. The summed E-state index contributed by atoms with van der Waals surface area (Å²) < 4.78 is 39.4. The van der Waals surface area contributed by atoms with E-state index < -0.39 is 17.9 Å². The molecule has 0 aromatic heterocycles. The number of hydrogen-bond donors (Lipinski definition) is 1. The van der Waals surface area contributed by atoms with E-state index in [1.807, 2.05) is 0 Å². The van der Waals surface area contributed by atoms with Gasteiger partial charge < -0.3 is 4.74 Å². The van der Waals surface area contributed by atoms with Gasteiger partial charge in [-0.2, -0.15) is 0 Å². The third-order valence-corrected chi connectivity index (χ3v) is 2.22. The molecule has 0 heterocycles. The average Bonchev–Trinajstić information content (AvgIpc) is 2.18. The number of rotatable bonds is 3. The van der Waals surface area contributed by atoms with Crippen molar-refractivity contribution in [3.8, 4) is 5.75 Å². The zero-order valence-corrected chi connectivity index (χ0v) is 9.37. The molecule has 1 rings (SSSR count). The van der Waals surface area contributed by atoms with Crippen molar-refractivity contribution in [2.24, 2.45) is 0 Å². The van der Waals surface area contributed by atoms with Gasteiger partial charge in [-0.3, -0.25) is 4.79 Å². The number of ketones is 1. The highest BCUT2D eigenvalue weighted by molar-refractivity contribution is 7.80. The molecule has 0 saturated carbocycles. The van der Waals surface area contributed by atoms with Crippen LogP contribution in [0.5, 0.6) is 5.75 Å². The van der Waals surface area contributed by atoms with Crippen LogP contribution in [-0.4, -0.2) is 18.0 Å². The molecular weight excluding hydrogens is 265 g/mol. The van der Waals surface area contributed by atoms with E-state index in [-0.39, 0.29) is 16.3 Å². The summed E-state index contributed by atoms with van der Waals surface area (Å²) in [6, 6.07) is 3.40. The van der Waals surface area contributed by atoms with Crippen molar-refractivity contribution < 1.29 is 22.7 Å². The molecule has 0 spiro atoms. The summed E-state index contributed by atoms with van der Waals surface area (Å²) >= 11 is 9.09. The van der Waals surface area contributed by atoms with Crippen LogP contribution in [0.3, 0.4) is 0 Å². The molecule has 16 heavy (non-hydrogen) atoms. The second-order valence-electron chi connectivity index (χ2n) is 2.79. The first-order chi connectivity index (χ1) is 7.33. The molecule has 0 saturated heterocycles. The summed E-state index contributed by atoms with van der Waals surface area (Å²) in [6.45, 7) is 0. The number of hydrogen-bond acceptors (Lipinski definition) is 3. The summed E-state index contributed by atoms with van der Waals surface area (Å²) in [6.07, 6.45) is -4.78. The van der Waals surface area contributed by atoms with Crippen molar-refractivity contribution >= 4 is 30.0 Å². The van der Waals surface area contributed by atoms with Gasteiger partial charge in [0.05, 0.1) is 5.88 Å². The summed E-state index contributed by atoms with van der Waals surface area (Å²) in [7, 11) is 0. The molecule has 7 heteroatoms. The molecule has 0 atom stereocenters. The lowest BCUT2D eigenvalue weighted by atomic mass is 10.1. The predicted octanol–water partition coefficient (Wildman–Crippen LogP) is 3.30. The maximum atomic E-state index is 11.9. The Bertz CT molecular complexity index is 406. The van der Waals surface area contributed by atoms with Gasteiger partial charge in [0.2, 0.25) is 0 Å². The van der Waals surface area contributed by atoms with Crippen molar-refractivity contribution in [2.45, 2.75) is 11.3 Å². The maximum Gasteiger partial charge on any atom is 0.573 e. The number of benzene rings is 1. The van der Waals surface area contributed by atoms with Gasteiger partial charge in [0, 0.05) is 10.5 Å². The molecule has 0 aliphatic carbocycles. The molecule has 2 nitrogen and oxygen atoms in total. The van der Waals surface area contributed by atoms with E-state index in [1.165, 1.54) is 12.1 Å². The molecule has 0 fully saturated rings. The Hall–Kier alpha value is -0.880. The predicted molar refractivity (Wildman–Crippen MR) is 55.4 cm³/mol. The fourth-order valence-electron chi connectivity index (χ4n) is 0.979. The van der Waals surface area contributed by atoms with Gasteiger partial charge in [-0.15, -0.1) is 37.4 Å². The van der Waals surface area contributed by atoms with Crippen molar-refractivity contribution in [2.75, 3.05) is 5.88 Å². The smallest absolute Gasteiger partial charge is 0.405 e. The lowest BCUT2D eigenvalue weighted by Crippen LogP contribution is -2.17. The van der Waals surface area contributed by atoms with Crippen molar-refractivity contribution in [1.29, 1.82) is 0 Å². The topological polar surface area (TPSA) is 26.3 Å². The van der Waals surface area contributed by atoms with Crippen LogP contribution in [0, 0.1) is 0 Å². The van der Waals surface area contributed by atoms with Crippen LogP contribution in [0.4, 0.5) is 13.2 Å². The first kappa shape index (κ1) is 13.2. The molecule has 1 aromatic rings. The Labute approximate surface area is 99.8 Å². The van der Waals surface area contributed by atoms with E-state index in [2.05, 4.69) is 17.4 Å². The number of carbonyl (C=O) groups excluding carboxylic acids is 1. The zero-order chi connectivity index (χ0) is 12.3. The highest BCUT2D eigenvalue weighted by Gasteiger charge is 2.31. The molecule has 0 bridgehead atoms. The van der Waals surface area contributed by atoms with Crippen molar-refractivity contribution in [1.82, 2.24) is 0 Å². The van der Waals surface area contributed by atoms with Gasteiger partial charge >= 0.3 is 6.36 Å². The Balaban J connectivity index is 2.96. The van der Waals surface area contributed by atoms with Gasteiger partial charge in [-0.25, -0.2) is 0 Å². The highest BCUT2D eigenvalue weighted by Crippen LogP contribution is 2.29. The minimum Gasteiger partial charge on any atom is -0.405 e. The Morgan fingerprint density at radius 3 is 2.50 bits per heavy atom. The fraction of sp³-hybridized carbons (Fsp3) is 0.222. The van der Waals surface area contributed by atoms with Gasteiger partial charge in [0.1, 0.15) is 5.75 Å². The minimum atomic E-state index is -4.78. The number of Topliss-reactive ketones (excluding diaryl/α,β-unsaturated/α-hetero) is 1.